The number of carbonyl (C=O) groups excluding carboxylic acids is 2. The molecular formula is C16H25ClN4O2. The molecule has 1 aromatic carbocycles. The molecule has 0 spiro atoms. The molecule has 6 nitrogen and oxygen atoms in total. The van der Waals surface area contributed by atoms with Crippen LogP contribution in [0.25, 0.3) is 0 Å². The van der Waals surface area contributed by atoms with Gasteiger partial charge in [-0.1, -0.05) is 24.3 Å². The van der Waals surface area contributed by atoms with Crippen molar-refractivity contribution in [3.8, 4) is 0 Å². The lowest BCUT2D eigenvalue weighted by Gasteiger charge is -2.27. The molecule has 0 radical (unpaired) electrons. The third-order valence-electron chi connectivity index (χ3n) is 4.23. The van der Waals surface area contributed by atoms with Crippen LogP contribution in [0.5, 0.6) is 0 Å². The molecule has 3 amide bonds. The van der Waals surface area contributed by atoms with Gasteiger partial charge in [0.1, 0.15) is 0 Å². The quantitative estimate of drug-likeness (QED) is 0.756. The number of nitrogens with two attached hydrogens (primary N) is 2. The monoisotopic (exact) mass is 340 g/mol. The predicted molar refractivity (Wildman–Crippen MR) is 92.3 cm³/mol. The number of amides is 3. The topological polar surface area (TPSA) is 101 Å². The van der Waals surface area contributed by atoms with E-state index in [1.54, 1.807) is 0 Å². The van der Waals surface area contributed by atoms with Crippen molar-refractivity contribution in [1.82, 2.24) is 10.2 Å². The van der Waals surface area contributed by atoms with E-state index in [1.807, 2.05) is 36.1 Å². The number of benzene rings is 1. The van der Waals surface area contributed by atoms with Crippen molar-refractivity contribution < 1.29 is 9.59 Å². The fraction of sp³-hybridized carbons (Fsp3) is 0.500. The van der Waals surface area contributed by atoms with E-state index in [1.165, 1.54) is 0 Å². The third kappa shape index (κ3) is 4.84. The number of hydrogen-bond acceptors (Lipinski definition) is 3. The van der Waals surface area contributed by atoms with Gasteiger partial charge < -0.3 is 21.7 Å². The SMILES string of the molecule is Cc1ccccc1C(CC(=O)N1CCCC1CN)NC(N)=O.Cl. The predicted octanol–water partition coefficient (Wildman–Crippen LogP) is 1.47. The van der Waals surface area contributed by atoms with Crippen LogP contribution in [0.4, 0.5) is 4.79 Å². The molecule has 23 heavy (non-hydrogen) atoms. The molecular weight excluding hydrogens is 316 g/mol. The standard InChI is InChI=1S/C16H24N4O2.ClH/c1-11-5-2-3-7-13(11)14(19-16(18)22)9-15(21)20-8-4-6-12(20)10-17;/h2-3,5,7,12,14H,4,6,8-10,17H2,1H3,(H3,18,19,22);1H. The number of aryl methyl sites for hydroxylation is 1. The van der Waals surface area contributed by atoms with E-state index in [2.05, 4.69) is 5.32 Å². The van der Waals surface area contributed by atoms with Crippen molar-refractivity contribution in [2.45, 2.75) is 38.3 Å². The number of likely N-dealkylation sites (tertiary alicyclic amines) is 1. The van der Waals surface area contributed by atoms with Crippen LogP contribution in [0.1, 0.15) is 36.4 Å². The van der Waals surface area contributed by atoms with Gasteiger partial charge >= 0.3 is 6.03 Å². The summed E-state index contributed by atoms with van der Waals surface area (Å²) in [5.74, 6) is 0.00922. The number of carbonyl (C=O) groups is 2. The lowest BCUT2D eigenvalue weighted by Crippen LogP contribution is -2.42. The highest BCUT2D eigenvalue weighted by molar-refractivity contribution is 5.85. The zero-order valence-electron chi connectivity index (χ0n) is 13.3. The highest BCUT2D eigenvalue weighted by atomic mass is 35.5. The molecule has 2 atom stereocenters. The summed E-state index contributed by atoms with van der Waals surface area (Å²) in [4.78, 5) is 25.7. The Morgan fingerprint density at radius 2 is 2.09 bits per heavy atom. The van der Waals surface area contributed by atoms with Gasteiger partial charge in [-0.2, -0.15) is 0 Å². The first-order chi connectivity index (χ1) is 10.5. The van der Waals surface area contributed by atoms with Gasteiger partial charge in [0.15, 0.2) is 0 Å². The Balaban J connectivity index is 0.00000264. The molecule has 7 heteroatoms. The Bertz CT molecular complexity index is 553. The molecule has 1 aliphatic rings. The Kier molecular flexibility index (Phi) is 7.32. The smallest absolute Gasteiger partial charge is 0.312 e. The number of nitrogens with one attached hydrogen (secondary N) is 1. The lowest BCUT2D eigenvalue weighted by molar-refractivity contribution is -0.132. The van der Waals surface area contributed by atoms with E-state index in [4.69, 9.17) is 11.5 Å². The van der Waals surface area contributed by atoms with Crippen molar-refractivity contribution in [2.24, 2.45) is 11.5 Å². The van der Waals surface area contributed by atoms with Gasteiger partial charge in [-0.25, -0.2) is 4.79 Å². The first-order valence-corrected chi connectivity index (χ1v) is 7.64. The summed E-state index contributed by atoms with van der Waals surface area (Å²) in [7, 11) is 0. The molecule has 1 aromatic rings. The van der Waals surface area contributed by atoms with Gasteiger partial charge in [-0.15, -0.1) is 12.4 Å². The molecule has 0 aliphatic carbocycles. The fourth-order valence-electron chi connectivity index (χ4n) is 3.09. The summed E-state index contributed by atoms with van der Waals surface area (Å²) >= 11 is 0. The van der Waals surface area contributed by atoms with Gasteiger partial charge in [-0.3, -0.25) is 4.79 Å². The summed E-state index contributed by atoms with van der Waals surface area (Å²) in [6.07, 6.45) is 2.12. The summed E-state index contributed by atoms with van der Waals surface area (Å²) in [6.45, 7) is 3.16. The number of rotatable bonds is 5. The third-order valence-corrected chi connectivity index (χ3v) is 4.23. The van der Waals surface area contributed by atoms with Crippen molar-refractivity contribution in [3.05, 3.63) is 35.4 Å². The molecule has 1 saturated heterocycles. The summed E-state index contributed by atoms with van der Waals surface area (Å²) in [5, 5.41) is 2.68. The lowest BCUT2D eigenvalue weighted by atomic mass is 9.98. The van der Waals surface area contributed by atoms with E-state index < -0.39 is 12.1 Å². The van der Waals surface area contributed by atoms with Gasteiger partial charge in [-0.05, 0) is 30.9 Å². The molecule has 1 fully saturated rings. The normalized spacial score (nSPS) is 18.2. The van der Waals surface area contributed by atoms with Gasteiger partial charge in [0, 0.05) is 19.1 Å². The van der Waals surface area contributed by atoms with Crippen LogP contribution in [0, 0.1) is 6.92 Å². The van der Waals surface area contributed by atoms with E-state index in [0.717, 1.165) is 30.5 Å². The minimum absolute atomic E-state index is 0. The Morgan fingerprint density at radius 1 is 1.39 bits per heavy atom. The van der Waals surface area contributed by atoms with Crippen molar-refractivity contribution in [3.63, 3.8) is 0 Å². The molecule has 5 N–H and O–H groups in total. The first-order valence-electron chi connectivity index (χ1n) is 7.64. The number of primary amides is 1. The number of urea groups is 1. The van der Waals surface area contributed by atoms with E-state index in [0.29, 0.717) is 6.54 Å². The summed E-state index contributed by atoms with van der Waals surface area (Å²) in [5.41, 5.74) is 12.9. The maximum absolute atomic E-state index is 12.6. The Morgan fingerprint density at radius 3 is 2.70 bits per heavy atom. The van der Waals surface area contributed by atoms with E-state index in [9.17, 15) is 9.59 Å². The molecule has 1 aliphatic heterocycles. The van der Waals surface area contributed by atoms with Crippen LogP contribution in [-0.2, 0) is 4.79 Å². The molecule has 0 bridgehead atoms. The van der Waals surface area contributed by atoms with Crippen molar-refractivity contribution in [1.29, 1.82) is 0 Å². The maximum atomic E-state index is 12.6. The maximum Gasteiger partial charge on any atom is 0.312 e. The van der Waals surface area contributed by atoms with Crippen molar-refractivity contribution in [2.75, 3.05) is 13.1 Å². The Labute approximate surface area is 143 Å². The molecule has 2 unspecified atom stereocenters. The molecule has 0 saturated carbocycles. The van der Waals surface area contributed by atoms with Gasteiger partial charge in [0.25, 0.3) is 0 Å². The highest BCUT2D eigenvalue weighted by Crippen LogP contribution is 2.24. The molecule has 0 aromatic heterocycles. The average molecular weight is 341 g/mol. The minimum Gasteiger partial charge on any atom is -0.352 e. The van der Waals surface area contributed by atoms with Crippen LogP contribution < -0.4 is 16.8 Å². The number of halogens is 1. The summed E-state index contributed by atoms with van der Waals surface area (Å²) < 4.78 is 0. The van der Waals surface area contributed by atoms with E-state index >= 15 is 0 Å². The van der Waals surface area contributed by atoms with Crippen LogP contribution in [0.2, 0.25) is 0 Å². The first kappa shape index (κ1) is 19.3. The van der Waals surface area contributed by atoms with Crippen molar-refractivity contribution >= 4 is 24.3 Å². The largest absolute Gasteiger partial charge is 0.352 e. The number of nitrogens with zero attached hydrogens (tertiary/aromatic N) is 1. The Hall–Kier alpha value is -1.79. The minimum atomic E-state index is -0.627. The van der Waals surface area contributed by atoms with Crippen LogP contribution in [-0.4, -0.2) is 36.0 Å². The average Bonchev–Trinajstić information content (AvgIpc) is 2.95. The summed E-state index contributed by atoms with van der Waals surface area (Å²) in [6, 6.07) is 6.75. The number of hydrogen-bond donors (Lipinski definition) is 3. The second-order valence-electron chi connectivity index (χ2n) is 5.74. The highest BCUT2D eigenvalue weighted by Gasteiger charge is 2.30. The zero-order valence-corrected chi connectivity index (χ0v) is 14.1. The fourth-order valence-corrected chi connectivity index (χ4v) is 3.09. The molecule has 128 valence electrons. The zero-order chi connectivity index (χ0) is 16.1. The van der Waals surface area contributed by atoms with Crippen LogP contribution in [0.15, 0.2) is 24.3 Å². The molecule has 2 rings (SSSR count). The molecule has 1 heterocycles. The van der Waals surface area contributed by atoms with Crippen LogP contribution in [0.3, 0.4) is 0 Å². The van der Waals surface area contributed by atoms with Gasteiger partial charge in [0.2, 0.25) is 5.91 Å². The van der Waals surface area contributed by atoms with E-state index in [-0.39, 0.29) is 30.8 Å². The van der Waals surface area contributed by atoms with Crippen LogP contribution >= 0.6 is 12.4 Å². The van der Waals surface area contributed by atoms with Gasteiger partial charge in [0.05, 0.1) is 12.5 Å². The second kappa shape index (κ2) is 8.74. The second-order valence-corrected chi connectivity index (χ2v) is 5.74.